The highest BCUT2D eigenvalue weighted by molar-refractivity contribution is 7.09. The number of benzene rings is 2. The molecule has 0 saturated heterocycles. The molecule has 1 unspecified atom stereocenters. The van der Waals surface area contributed by atoms with Crippen LogP contribution in [0.4, 0.5) is 5.69 Å². The molecule has 148 valence electrons. The molecule has 0 spiro atoms. The second-order valence-corrected chi connectivity index (χ2v) is 8.75. The number of thiophene rings is 1. The number of Topliss-reactive ketones (excluding diaryl/α,β-unsaturated/α-hetero) is 1. The lowest BCUT2D eigenvalue weighted by Crippen LogP contribution is -2.41. The fraction of sp³-hybridized carbons (Fsp3) is 0.250. The maximum Gasteiger partial charge on any atom is 0.264 e. The maximum atomic E-state index is 13.3. The molecule has 0 aliphatic carbocycles. The summed E-state index contributed by atoms with van der Waals surface area (Å²) in [5.41, 5.74) is 2.71. The van der Waals surface area contributed by atoms with E-state index in [0.29, 0.717) is 23.4 Å². The fourth-order valence-corrected chi connectivity index (χ4v) is 5.03. The molecule has 0 saturated carbocycles. The number of carbonyl (C=O) groups is 2. The summed E-state index contributed by atoms with van der Waals surface area (Å²) < 4.78 is 0. The quantitative estimate of drug-likeness (QED) is 0.627. The van der Waals surface area contributed by atoms with Gasteiger partial charge in [0, 0.05) is 16.0 Å². The van der Waals surface area contributed by atoms with Gasteiger partial charge in [-0.3, -0.25) is 9.59 Å². The van der Waals surface area contributed by atoms with Crippen molar-refractivity contribution >= 4 is 28.7 Å². The van der Waals surface area contributed by atoms with E-state index in [9.17, 15) is 14.7 Å². The number of rotatable bonds is 5. The monoisotopic (exact) mass is 405 g/mol. The molecule has 4 rings (SSSR count). The molecule has 0 radical (unpaired) electrons. The van der Waals surface area contributed by atoms with Gasteiger partial charge in [-0.25, -0.2) is 0 Å². The number of amides is 1. The van der Waals surface area contributed by atoms with Crippen molar-refractivity contribution < 1.29 is 14.7 Å². The minimum Gasteiger partial charge on any atom is -0.375 e. The van der Waals surface area contributed by atoms with Crippen molar-refractivity contribution in [3.05, 3.63) is 86.6 Å². The van der Waals surface area contributed by atoms with Crippen molar-refractivity contribution in [2.75, 3.05) is 4.90 Å². The SMILES string of the molecule is Cc1cc(C)c(C(=O)CC2(O)C(=O)N(Cc3cccs3)c3ccccc32)c(C)c1. The number of aliphatic hydroxyl groups is 1. The van der Waals surface area contributed by atoms with Crippen LogP contribution in [0.5, 0.6) is 0 Å². The molecule has 0 fully saturated rings. The summed E-state index contributed by atoms with van der Waals surface area (Å²) in [6.45, 7) is 6.16. The number of carbonyl (C=O) groups excluding carboxylic acids is 2. The molecule has 29 heavy (non-hydrogen) atoms. The van der Waals surface area contributed by atoms with Crippen molar-refractivity contribution in [2.45, 2.75) is 39.3 Å². The van der Waals surface area contributed by atoms with Gasteiger partial charge in [0.05, 0.1) is 18.7 Å². The van der Waals surface area contributed by atoms with Crippen molar-refractivity contribution in [3.8, 4) is 0 Å². The van der Waals surface area contributed by atoms with Crippen LogP contribution in [0.15, 0.2) is 53.9 Å². The molecule has 4 nitrogen and oxygen atoms in total. The van der Waals surface area contributed by atoms with Crippen molar-refractivity contribution in [3.63, 3.8) is 0 Å². The van der Waals surface area contributed by atoms with Crippen molar-refractivity contribution in [1.29, 1.82) is 0 Å². The van der Waals surface area contributed by atoms with Crippen LogP contribution in [0.2, 0.25) is 0 Å². The molecule has 2 heterocycles. The second kappa shape index (κ2) is 7.25. The number of anilines is 1. The number of hydrogen-bond donors (Lipinski definition) is 1. The van der Waals surface area contributed by atoms with Gasteiger partial charge in [0.1, 0.15) is 0 Å². The Morgan fingerprint density at radius 1 is 1.07 bits per heavy atom. The molecule has 3 aromatic rings. The van der Waals surface area contributed by atoms with Gasteiger partial charge < -0.3 is 10.0 Å². The minimum atomic E-state index is -1.85. The third-order valence-electron chi connectivity index (χ3n) is 5.51. The van der Waals surface area contributed by atoms with E-state index >= 15 is 0 Å². The zero-order valence-electron chi connectivity index (χ0n) is 16.7. The van der Waals surface area contributed by atoms with Crippen LogP contribution < -0.4 is 4.90 Å². The highest BCUT2D eigenvalue weighted by Gasteiger charge is 2.51. The Morgan fingerprint density at radius 2 is 1.76 bits per heavy atom. The summed E-state index contributed by atoms with van der Waals surface area (Å²) in [6.07, 6.45) is -0.269. The summed E-state index contributed by atoms with van der Waals surface area (Å²) in [6, 6.07) is 15.0. The third-order valence-corrected chi connectivity index (χ3v) is 6.37. The molecule has 5 heteroatoms. The average Bonchev–Trinajstić information content (AvgIpc) is 3.23. The molecular formula is C24H23NO3S. The summed E-state index contributed by atoms with van der Waals surface area (Å²) in [5.74, 6) is -0.661. The number of nitrogens with zero attached hydrogens (tertiary/aromatic N) is 1. The number of hydrogen-bond acceptors (Lipinski definition) is 4. The van der Waals surface area contributed by atoms with Crippen LogP contribution in [-0.4, -0.2) is 16.8 Å². The lowest BCUT2D eigenvalue weighted by molar-refractivity contribution is -0.136. The predicted molar refractivity (Wildman–Crippen MR) is 115 cm³/mol. The average molecular weight is 406 g/mol. The lowest BCUT2D eigenvalue weighted by atomic mass is 9.85. The van der Waals surface area contributed by atoms with Crippen LogP contribution in [0.25, 0.3) is 0 Å². The van der Waals surface area contributed by atoms with E-state index in [2.05, 4.69) is 0 Å². The van der Waals surface area contributed by atoms with Gasteiger partial charge >= 0.3 is 0 Å². The highest BCUT2D eigenvalue weighted by atomic mass is 32.1. The van der Waals surface area contributed by atoms with E-state index in [1.807, 2.05) is 62.5 Å². The molecule has 1 amide bonds. The van der Waals surface area contributed by atoms with E-state index in [4.69, 9.17) is 0 Å². The Kier molecular flexibility index (Phi) is 4.89. The standard InChI is InChI=1S/C24H23NO3S/c1-15-11-16(2)22(17(3)12-15)21(26)13-24(28)19-8-4-5-9-20(19)25(23(24)27)14-18-7-6-10-29-18/h4-12,28H,13-14H2,1-3H3. The predicted octanol–water partition coefficient (Wildman–Crippen LogP) is 4.68. The van der Waals surface area contributed by atoms with E-state index in [0.717, 1.165) is 21.6 Å². The first kappa shape index (κ1) is 19.6. The first-order chi connectivity index (χ1) is 13.8. The van der Waals surface area contributed by atoms with Gasteiger partial charge in [0.2, 0.25) is 0 Å². The second-order valence-electron chi connectivity index (χ2n) is 7.72. The summed E-state index contributed by atoms with van der Waals surface area (Å²) in [4.78, 5) is 29.1. The minimum absolute atomic E-state index is 0.219. The smallest absolute Gasteiger partial charge is 0.264 e. The van der Waals surface area contributed by atoms with Gasteiger partial charge in [0.15, 0.2) is 11.4 Å². The van der Waals surface area contributed by atoms with Crippen molar-refractivity contribution in [2.24, 2.45) is 0 Å². The van der Waals surface area contributed by atoms with Crippen LogP contribution >= 0.6 is 11.3 Å². The molecule has 2 aromatic carbocycles. The van der Waals surface area contributed by atoms with E-state index in [1.165, 1.54) is 0 Å². The van der Waals surface area contributed by atoms with Crippen LogP contribution in [-0.2, 0) is 16.9 Å². The maximum absolute atomic E-state index is 13.3. The van der Waals surface area contributed by atoms with Gasteiger partial charge in [-0.1, -0.05) is 42.0 Å². The Morgan fingerprint density at radius 3 is 2.41 bits per heavy atom. The molecule has 0 bridgehead atoms. The molecule has 1 atom stereocenters. The van der Waals surface area contributed by atoms with Crippen molar-refractivity contribution in [1.82, 2.24) is 0 Å². The van der Waals surface area contributed by atoms with E-state index < -0.39 is 11.5 Å². The largest absolute Gasteiger partial charge is 0.375 e. The summed E-state index contributed by atoms with van der Waals surface area (Å²) >= 11 is 1.56. The van der Waals surface area contributed by atoms with Crippen LogP contribution in [0.1, 0.15) is 43.9 Å². The highest BCUT2D eigenvalue weighted by Crippen LogP contribution is 2.44. The molecule has 1 N–H and O–H groups in total. The number of para-hydroxylation sites is 1. The summed E-state index contributed by atoms with van der Waals surface area (Å²) in [7, 11) is 0. The molecular weight excluding hydrogens is 382 g/mol. The normalized spacial score (nSPS) is 18.2. The van der Waals surface area contributed by atoms with E-state index in [1.54, 1.807) is 28.4 Å². The van der Waals surface area contributed by atoms with Gasteiger partial charge in [0.25, 0.3) is 5.91 Å². The van der Waals surface area contributed by atoms with Crippen LogP contribution in [0, 0.1) is 20.8 Å². The van der Waals surface area contributed by atoms with Crippen LogP contribution in [0.3, 0.4) is 0 Å². The molecule has 1 aliphatic heterocycles. The molecule has 1 aliphatic rings. The zero-order chi connectivity index (χ0) is 20.8. The number of ketones is 1. The summed E-state index contributed by atoms with van der Waals surface area (Å²) in [5, 5.41) is 13.4. The fourth-order valence-electron chi connectivity index (χ4n) is 4.33. The van der Waals surface area contributed by atoms with Gasteiger partial charge in [-0.2, -0.15) is 0 Å². The van der Waals surface area contributed by atoms with E-state index in [-0.39, 0.29) is 12.2 Å². The third kappa shape index (κ3) is 3.30. The molecule has 1 aromatic heterocycles. The Bertz CT molecular complexity index is 1080. The number of aryl methyl sites for hydroxylation is 3. The topological polar surface area (TPSA) is 57.6 Å². The number of fused-ring (bicyclic) bond motifs is 1. The van der Waals surface area contributed by atoms with Gasteiger partial charge in [-0.05, 0) is 49.4 Å². The Labute approximate surface area is 174 Å². The first-order valence-electron chi connectivity index (χ1n) is 9.58. The first-order valence-corrected chi connectivity index (χ1v) is 10.5. The Hall–Kier alpha value is -2.76. The lowest BCUT2D eigenvalue weighted by Gasteiger charge is -2.23. The zero-order valence-corrected chi connectivity index (χ0v) is 17.5. The Balaban J connectivity index is 1.71. The van der Waals surface area contributed by atoms with Gasteiger partial charge in [-0.15, -0.1) is 11.3 Å².